The van der Waals surface area contributed by atoms with Crippen molar-refractivity contribution in [1.82, 2.24) is 10.6 Å². The highest BCUT2D eigenvalue weighted by atomic mass is 16.2. The van der Waals surface area contributed by atoms with Crippen LogP contribution < -0.4 is 10.6 Å². The van der Waals surface area contributed by atoms with Crippen molar-refractivity contribution in [3.8, 4) is 0 Å². The number of likely N-dealkylation sites (N-methyl/N-ethyl adjacent to an activating group) is 1. The number of hydrogen-bond acceptors (Lipinski definition) is 2. The van der Waals surface area contributed by atoms with Crippen LogP contribution in [0.15, 0.2) is 0 Å². The van der Waals surface area contributed by atoms with E-state index in [1.807, 2.05) is 13.8 Å². The van der Waals surface area contributed by atoms with E-state index in [-0.39, 0.29) is 17.7 Å². The topological polar surface area (TPSA) is 58.2 Å². The Kier molecular flexibility index (Phi) is 7.64. The lowest BCUT2D eigenvalue weighted by Crippen LogP contribution is -2.48. The molecule has 0 aliphatic rings. The van der Waals surface area contributed by atoms with Gasteiger partial charge in [0.1, 0.15) is 6.04 Å². The highest BCUT2D eigenvalue weighted by molar-refractivity contribution is 5.88. The standard InChI is InChI=1S/C14H27N2O2/c1-9(2)7-11(5)13(17)16-12(8-10(3)4)14(18)15-6/h9-12H,5,7-8H2,1-4,6H3,(H,15,18)(H,16,17)/t11?,12-/m0/s1. The summed E-state index contributed by atoms with van der Waals surface area (Å²) in [5.41, 5.74) is 0. The first-order valence-electron chi connectivity index (χ1n) is 6.62. The Morgan fingerprint density at radius 1 is 1.00 bits per heavy atom. The summed E-state index contributed by atoms with van der Waals surface area (Å²) in [6, 6.07) is -0.459. The SMILES string of the molecule is [CH2]C(CC(C)C)C(=O)N[C@@H](CC(C)C)C(=O)NC. The van der Waals surface area contributed by atoms with Crippen LogP contribution in [-0.4, -0.2) is 24.9 Å². The van der Waals surface area contributed by atoms with E-state index >= 15 is 0 Å². The van der Waals surface area contributed by atoms with Crippen molar-refractivity contribution in [3.63, 3.8) is 0 Å². The summed E-state index contributed by atoms with van der Waals surface area (Å²) in [4.78, 5) is 23.6. The second kappa shape index (κ2) is 8.11. The fourth-order valence-electron chi connectivity index (χ4n) is 1.84. The van der Waals surface area contributed by atoms with E-state index in [0.717, 1.165) is 6.42 Å². The third-order valence-corrected chi connectivity index (χ3v) is 2.71. The van der Waals surface area contributed by atoms with Crippen LogP contribution in [0.5, 0.6) is 0 Å². The molecule has 0 rings (SSSR count). The second-order valence-electron chi connectivity index (χ2n) is 5.63. The second-order valence-corrected chi connectivity index (χ2v) is 5.63. The van der Waals surface area contributed by atoms with Crippen molar-refractivity contribution in [2.24, 2.45) is 17.8 Å². The maximum Gasteiger partial charge on any atom is 0.242 e. The molecule has 105 valence electrons. The van der Waals surface area contributed by atoms with Gasteiger partial charge < -0.3 is 10.6 Å². The maximum atomic E-state index is 11.9. The summed E-state index contributed by atoms with van der Waals surface area (Å²) in [5, 5.41) is 5.37. The molecular formula is C14H27N2O2. The van der Waals surface area contributed by atoms with Gasteiger partial charge in [-0.05, 0) is 31.6 Å². The monoisotopic (exact) mass is 255 g/mol. The van der Waals surface area contributed by atoms with Crippen molar-refractivity contribution >= 4 is 11.8 Å². The summed E-state index contributed by atoms with van der Waals surface area (Å²) in [5.74, 6) is 0.179. The van der Waals surface area contributed by atoms with Gasteiger partial charge in [-0.3, -0.25) is 9.59 Å². The van der Waals surface area contributed by atoms with E-state index in [0.29, 0.717) is 18.3 Å². The van der Waals surface area contributed by atoms with Crippen molar-refractivity contribution in [1.29, 1.82) is 0 Å². The van der Waals surface area contributed by atoms with Crippen LogP contribution in [0.3, 0.4) is 0 Å². The average Bonchev–Trinajstić information content (AvgIpc) is 2.25. The Labute approximate surface area is 111 Å². The van der Waals surface area contributed by atoms with Crippen molar-refractivity contribution < 1.29 is 9.59 Å². The Balaban J connectivity index is 4.47. The first-order chi connectivity index (χ1) is 8.27. The van der Waals surface area contributed by atoms with Crippen molar-refractivity contribution in [2.75, 3.05) is 7.05 Å². The van der Waals surface area contributed by atoms with Gasteiger partial charge in [-0.25, -0.2) is 0 Å². The highest BCUT2D eigenvalue weighted by Gasteiger charge is 2.23. The molecule has 2 N–H and O–H groups in total. The van der Waals surface area contributed by atoms with E-state index < -0.39 is 6.04 Å². The summed E-state index contributed by atoms with van der Waals surface area (Å²) in [6.45, 7) is 12.0. The molecule has 0 heterocycles. The molecule has 0 aromatic carbocycles. The number of carbonyl (C=O) groups excluding carboxylic acids is 2. The van der Waals surface area contributed by atoms with Crippen LogP contribution >= 0.6 is 0 Å². The van der Waals surface area contributed by atoms with Crippen molar-refractivity contribution in [3.05, 3.63) is 6.92 Å². The zero-order chi connectivity index (χ0) is 14.3. The Hall–Kier alpha value is -1.06. The fraction of sp³-hybridized carbons (Fsp3) is 0.786. The molecular weight excluding hydrogens is 228 g/mol. The number of hydrogen-bond donors (Lipinski definition) is 2. The van der Waals surface area contributed by atoms with E-state index in [4.69, 9.17) is 0 Å². The lowest BCUT2D eigenvalue weighted by molar-refractivity contribution is -0.130. The summed E-state index contributed by atoms with van der Waals surface area (Å²) in [7, 11) is 1.58. The summed E-state index contributed by atoms with van der Waals surface area (Å²) >= 11 is 0. The van der Waals surface area contributed by atoms with E-state index in [2.05, 4.69) is 31.4 Å². The highest BCUT2D eigenvalue weighted by Crippen LogP contribution is 2.12. The van der Waals surface area contributed by atoms with E-state index in [1.165, 1.54) is 0 Å². The Morgan fingerprint density at radius 3 is 1.89 bits per heavy atom. The molecule has 0 bridgehead atoms. The molecule has 0 fully saturated rings. The van der Waals surface area contributed by atoms with Gasteiger partial charge in [0.15, 0.2) is 0 Å². The normalized spacial score (nSPS) is 14.4. The van der Waals surface area contributed by atoms with Gasteiger partial charge in [0.25, 0.3) is 0 Å². The molecule has 0 aliphatic heterocycles. The van der Waals surface area contributed by atoms with Crippen molar-refractivity contribution in [2.45, 2.75) is 46.6 Å². The van der Waals surface area contributed by atoms with Gasteiger partial charge in [-0.1, -0.05) is 27.7 Å². The van der Waals surface area contributed by atoms with Gasteiger partial charge in [0.2, 0.25) is 11.8 Å². The third-order valence-electron chi connectivity index (χ3n) is 2.71. The maximum absolute atomic E-state index is 11.9. The van der Waals surface area contributed by atoms with Crippen LogP contribution in [0.25, 0.3) is 0 Å². The minimum absolute atomic E-state index is 0.141. The average molecular weight is 255 g/mol. The van der Waals surface area contributed by atoms with Crippen LogP contribution in [0, 0.1) is 24.7 Å². The molecule has 0 aliphatic carbocycles. The number of nitrogens with one attached hydrogen (secondary N) is 2. The van der Waals surface area contributed by atoms with Gasteiger partial charge in [-0.15, -0.1) is 0 Å². The molecule has 0 saturated heterocycles. The van der Waals surface area contributed by atoms with E-state index in [9.17, 15) is 9.59 Å². The van der Waals surface area contributed by atoms with Crippen LogP contribution in [-0.2, 0) is 9.59 Å². The zero-order valence-corrected chi connectivity index (χ0v) is 12.2. The molecule has 4 heteroatoms. The Bertz CT molecular complexity index is 275. The molecule has 0 aromatic heterocycles. The number of amides is 2. The summed E-state index contributed by atoms with van der Waals surface area (Å²) in [6.07, 6.45) is 1.37. The Morgan fingerprint density at radius 2 is 1.50 bits per heavy atom. The third kappa shape index (κ3) is 6.62. The predicted octanol–water partition coefficient (Wildman–Crippen LogP) is 1.76. The first kappa shape index (κ1) is 16.9. The fourth-order valence-corrected chi connectivity index (χ4v) is 1.84. The molecule has 1 radical (unpaired) electrons. The van der Waals surface area contributed by atoms with Gasteiger partial charge in [-0.2, -0.15) is 0 Å². The van der Waals surface area contributed by atoms with Crippen LogP contribution in [0.1, 0.15) is 40.5 Å². The number of rotatable bonds is 7. The predicted molar refractivity (Wildman–Crippen MR) is 73.8 cm³/mol. The smallest absolute Gasteiger partial charge is 0.242 e. The minimum Gasteiger partial charge on any atom is -0.357 e. The first-order valence-corrected chi connectivity index (χ1v) is 6.62. The molecule has 4 nitrogen and oxygen atoms in total. The number of carbonyl (C=O) groups is 2. The quantitative estimate of drug-likeness (QED) is 0.728. The molecule has 18 heavy (non-hydrogen) atoms. The van der Waals surface area contributed by atoms with Crippen LogP contribution in [0.4, 0.5) is 0 Å². The molecule has 1 unspecified atom stereocenters. The summed E-state index contributed by atoms with van der Waals surface area (Å²) < 4.78 is 0. The van der Waals surface area contributed by atoms with E-state index in [1.54, 1.807) is 7.05 Å². The largest absolute Gasteiger partial charge is 0.357 e. The van der Waals surface area contributed by atoms with Gasteiger partial charge in [0.05, 0.1) is 0 Å². The van der Waals surface area contributed by atoms with Gasteiger partial charge >= 0.3 is 0 Å². The molecule has 2 atom stereocenters. The minimum atomic E-state index is -0.459. The zero-order valence-electron chi connectivity index (χ0n) is 12.2. The molecule has 0 aromatic rings. The van der Waals surface area contributed by atoms with Gasteiger partial charge in [0, 0.05) is 13.0 Å². The molecule has 2 amide bonds. The van der Waals surface area contributed by atoms with Crippen LogP contribution in [0.2, 0.25) is 0 Å². The lowest BCUT2D eigenvalue weighted by Gasteiger charge is -2.22. The molecule has 0 saturated carbocycles. The molecule has 0 spiro atoms. The lowest BCUT2D eigenvalue weighted by atomic mass is 9.97.